The second-order valence-corrected chi connectivity index (χ2v) is 5.51. The molecule has 2 rings (SSSR count). The fourth-order valence-electron chi connectivity index (χ4n) is 2.21. The zero-order valence-electron chi connectivity index (χ0n) is 12.9. The lowest BCUT2D eigenvalue weighted by atomic mass is 10.1. The Bertz CT molecular complexity index is 615. The van der Waals surface area contributed by atoms with Gasteiger partial charge in [0.25, 0.3) is 0 Å². The van der Waals surface area contributed by atoms with E-state index in [0.29, 0.717) is 5.95 Å². The second-order valence-electron chi connectivity index (χ2n) is 5.07. The number of rotatable bonds is 5. The lowest BCUT2D eigenvalue weighted by Gasteiger charge is -2.28. The van der Waals surface area contributed by atoms with Gasteiger partial charge in [-0.05, 0) is 38.5 Å². The zero-order valence-corrected chi connectivity index (χ0v) is 13.6. The molecule has 1 atom stereocenters. The summed E-state index contributed by atoms with van der Waals surface area (Å²) in [7, 11) is 2.04. The first-order valence-corrected chi connectivity index (χ1v) is 7.46. The van der Waals surface area contributed by atoms with Crippen LogP contribution in [0.15, 0.2) is 30.5 Å². The summed E-state index contributed by atoms with van der Waals surface area (Å²) in [6, 6.07) is 8.10. The number of benzene rings is 1. The first kappa shape index (κ1) is 15.6. The summed E-state index contributed by atoms with van der Waals surface area (Å²) in [6.45, 7) is 6.99. The van der Waals surface area contributed by atoms with Crippen LogP contribution in [0.4, 0.5) is 11.8 Å². The average Bonchev–Trinajstić information content (AvgIpc) is 2.48. The summed E-state index contributed by atoms with van der Waals surface area (Å²) in [5.41, 5.74) is 2.21. The number of halogens is 1. The van der Waals surface area contributed by atoms with Gasteiger partial charge in [0.1, 0.15) is 5.82 Å². The zero-order chi connectivity index (χ0) is 15.4. The standard InChI is InChI=1S/C16H21ClN4/c1-5-18-16-19-10-11(2)15(20-16)21(4)12(3)13-7-6-8-14(17)9-13/h6-10,12H,5H2,1-4H3,(H,18,19,20). The number of nitrogens with zero attached hydrogens (tertiary/aromatic N) is 3. The molecule has 4 nitrogen and oxygen atoms in total. The summed E-state index contributed by atoms with van der Waals surface area (Å²) in [4.78, 5) is 11.0. The van der Waals surface area contributed by atoms with E-state index in [1.165, 1.54) is 0 Å². The molecule has 0 aliphatic rings. The Labute approximate surface area is 131 Å². The molecule has 0 saturated heterocycles. The molecule has 0 radical (unpaired) electrons. The largest absolute Gasteiger partial charge is 0.354 e. The summed E-state index contributed by atoms with van der Waals surface area (Å²) in [5.74, 6) is 1.58. The van der Waals surface area contributed by atoms with Crippen molar-refractivity contribution in [1.82, 2.24) is 9.97 Å². The second kappa shape index (κ2) is 6.76. The molecule has 0 amide bonds. The molecule has 0 saturated carbocycles. The van der Waals surface area contributed by atoms with Crippen LogP contribution in [0.3, 0.4) is 0 Å². The van der Waals surface area contributed by atoms with Crippen molar-refractivity contribution in [2.75, 3.05) is 23.8 Å². The maximum atomic E-state index is 6.08. The Morgan fingerprint density at radius 2 is 2.14 bits per heavy atom. The molecular weight excluding hydrogens is 284 g/mol. The Morgan fingerprint density at radius 1 is 1.38 bits per heavy atom. The highest BCUT2D eigenvalue weighted by atomic mass is 35.5. The number of hydrogen-bond acceptors (Lipinski definition) is 4. The van der Waals surface area contributed by atoms with Crippen molar-refractivity contribution in [2.24, 2.45) is 0 Å². The minimum Gasteiger partial charge on any atom is -0.354 e. The van der Waals surface area contributed by atoms with Gasteiger partial charge in [0.15, 0.2) is 0 Å². The van der Waals surface area contributed by atoms with Crippen molar-refractivity contribution in [3.05, 3.63) is 46.6 Å². The fraction of sp³-hybridized carbons (Fsp3) is 0.375. The van der Waals surface area contributed by atoms with Gasteiger partial charge in [0.2, 0.25) is 5.95 Å². The third kappa shape index (κ3) is 3.64. The molecule has 1 unspecified atom stereocenters. The quantitative estimate of drug-likeness (QED) is 0.904. The Balaban J connectivity index is 2.30. The molecule has 0 aliphatic heterocycles. The smallest absolute Gasteiger partial charge is 0.224 e. The maximum Gasteiger partial charge on any atom is 0.224 e. The average molecular weight is 305 g/mol. The van der Waals surface area contributed by atoms with Crippen molar-refractivity contribution >= 4 is 23.4 Å². The van der Waals surface area contributed by atoms with E-state index in [1.54, 1.807) is 0 Å². The molecule has 0 fully saturated rings. The molecule has 2 aromatic rings. The minimum absolute atomic E-state index is 0.173. The van der Waals surface area contributed by atoms with E-state index in [4.69, 9.17) is 11.6 Å². The van der Waals surface area contributed by atoms with Gasteiger partial charge < -0.3 is 10.2 Å². The summed E-state index contributed by atoms with van der Waals surface area (Å²) >= 11 is 6.08. The molecule has 1 N–H and O–H groups in total. The lowest BCUT2D eigenvalue weighted by Crippen LogP contribution is -2.24. The molecule has 0 bridgehead atoms. The van der Waals surface area contributed by atoms with Gasteiger partial charge in [-0.1, -0.05) is 23.7 Å². The molecule has 1 aromatic heterocycles. The number of aryl methyl sites for hydroxylation is 1. The number of anilines is 2. The maximum absolute atomic E-state index is 6.08. The fourth-order valence-corrected chi connectivity index (χ4v) is 2.41. The van der Waals surface area contributed by atoms with Crippen molar-refractivity contribution in [3.8, 4) is 0 Å². The van der Waals surface area contributed by atoms with Gasteiger partial charge in [-0.3, -0.25) is 0 Å². The van der Waals surface area contributed by atoms with Gasteiger partial charge in [0, 0.05) is 30.4 Å². The highest BCUT2D eigenvalue weighted by Crippen LogP contribution is 2.27. The van der Waals surface area contributed by atoms with Gasteiger partial charge in [-0.25, -0.2) is 4.98 Å². The van der Waals surface area contributed by atoms with Crippen LogP contribution < -0.4 is 10.2 Å². The predicted octanol–water partition coefficient (Wildman–Crippen LogP) is 4.07. The van der Waals surface area contributed by atoms with Crippen LogP contribution in [0.25, 0.3) is 0 Å². The van der Waals surface area contributed by atoms with Crippen LogP contribution in [0.1, 0.15) is 31.0 Å². The van der Waals surface area contributed by atoms with Crippen molar-refractivity contribution < 1.29 is 0 Å². The van der Waals surface area contributed by atoms with Crippen LogP contribution in [-0.4, -0.2) is 23.6 Å². The molecule has 0 aliphatic carbocycles. The number of nitrogens with one attached hydrogen (secondary N) is 1. The topological polar surface area (TPSA) is 41.1 Å². The Hall–Kier alpha value is -1.81. The van der Waals surface area contributed by atoms with E-state index >= 15 is 0 Å². The van der Waals surface area contributed by atoms with Crippen LogP contribution in [0, 0.1) is 6.92 Å². The van der Waals surface area contributed by atoms with Crippen molar-refractivity contribution in [1.29, 1.82) is 0 Å². The molecule has 1 heterocycles. The normalized spacial score (nSPS) is 12.0. The van der Waals surface area contributed by atoms with Gasteiger partial charge in [-0.2, -0.15) is 4.98 Å². The number of aromatic nitrogens is 2. The first-order chi connectivity index (χ1) is 10.0. The van der Waals surface area contributed by atoms with Crippen molar-refractivity contribution in [3.63, 3.8) is 0 Å². The predicted molar refractivity (Wildman–Crippen MR) is 89.2 cm³/mol. The third-order valence-electron chi connectivity index (χ3n) is 3.53. The van der Waals surface area contributed by atoms with Crippen LogP contribution in [0.5, 0.6) is 0 Å². The van der Waals surface area contributed by atoms with E-state index < -0.39 is 0 Å². The summed E-state index contributed by atoms with van der Waals surface area (Å²) in [5, 5.41) is 3.90. The number of hydrogen-bond donors (Lipinski definition) is 1. The molecule has 5 heteroatoms. The lowest BCUT2D eigenvalue weighted by molar-refractivity contribution is 0.724. The van der Waals surface area contributed by atoms with E-state index in [9.17, 15) is 0 Å². The van der Waals surface area contributed by atoms with E-state index in [0.717, 1.165) is 28.5 Å². The SMILES string of the molecule is CCNc1ncc(C)c(N(C)C(C)c2cccc(Cl)c2)n1. The highest BCUT2D eigenvalue weighted by molar-refractivity contribution is 6.30. The summed E-state index contributed by atoms with van der Waals surface area (Å²) < 4.78 is 0. The molecule has 112 valence electrons. The monoisotopic (exact) mass is 304 g/mol. The van der Waals surface area contributed by atoms with E-state index in [1.807, 2.05) is 45.3 Å². The van der Waals surface area contributed by atoms with Crippen LogP contribution in [-0.2, 0) is 0 Å². The molecular formula is C16H21ClN4. The van der Waals surface area contributed by atoms with Crippen LogP contribution in [0.2, 0.25) is 5.02 Å². The summed E-state index contributed by atoms with van der Waals surface area (Å²) in [6.07, 6.45) is 1.85. The van der Waals surface area contributed by atoms with Gasteiger partial charge >= 0.3 is 0 Å². The van der Waals surface area contributed by atoms with Crippen LogP contribution >= 0.6 is 11.6 Å². The molecule has 1 aromatic carbocycles. The molecule has 0 spiro atoms. The third-order valence-corrected chi connectivity index (χ3v) is 3.76. The van der Waals surface area contributed by atoms with Crippen molar-refractivity contribution in [2.45, 2.75) is 26.8 Å². The first-order valence-electron chi connectivity index (χ1n) is 7.08. The van der Waals surface area contributed by atoms with Gasteiger partial charge in [0.05, 0.1) is 6.04 Å². The van der Waals surface area contributed by atoms with E-state index in [-0.39, 0.29) is 6.04 Å². The Kier molecular flexibility index (Phi) is 5.02. The Morgan fingerprint density at radius 3 is 2.81 bits per heavy atom. The highest BCUT2D eigenvalue weighted by Gasteiger charge is 2.16. The van der Waals surface area contributed by atoms with E-state index in [2.05, 4.69) is 33.2 Å². The van der Waals surface area contributed by atoms with Gasteiger partial charge in [-0.15, -0.1) is 0 Å². The minimum atomic E-state index is 0.173. The molecule has 21 heavy (non-hydrogen) atoms.